The molecule has 178 valence electrons. The monoisotopic (exact) mass is 458 g/mol. The van der Waals surface area contributed by atoms with E-state index >= 15 is 0 Å². The molecule has 0 amide bonds. The minimum atomic E-state index is -0.948. The van der Waals surface area contributed by atoms with Crippen LogP contribution in [0.2, 0.25) is 0 Å². The van der Waals surface area contributed by atoms with E-state index in [-0.39, 0.29) is 17.3 Å². The Kier molecular flexibility index (Phi) is 6.51. The Morgan fingerprint density at radius 1 is 1.06 bits per heavy atom. The van der Waals surface area contributed by atoms with Crippen molar-refractivity contribution >= 4 is 5.97 Å². The summed E-state index contributed by atoms with van der Waals surface area (Å²) < 4.78 is 11.5. The highest BCUT2D eigenvalue weighted by Gasteiger charge is 2.52. The van der Waals surface area contributed by atoms with E-state index in [1.54, 1.807) is 25.3 Å². The number of hydrogen-bond donors (Lipinski definition) is 1. The normalized spacial score (nSPS) is 27.8. The number of methoxy groups -OCH3 is 1. The van der Waals surface area contributed by atoms with Crippen molar-refractivity contribution in [2.75, 3.05) is 13.7 Å². The van der Waals surface area contributed by atoms with Crippen LogP contribution in [0, 0.1) is 29.6 Å². The largest absolute Gasteiger partial charge is 0.478 e. The van der Waals surface area contributed by atoms with Gasteiger partial charge in [0, 0.05) is 31.3 Å². The van der Waals surface area contributed by atoms with Crippen molar-refractivity contribution in [3.05, 3.63) is 70.3 Å². The molecule has 2 aromatic carbocycles. The van der Waals surface area contributed by atoms with Crippen molar-refractivity contribution in [2.24, 2.45) is 17.8 Å². The van der Waals surface area contributed by atoms with Crippen molar-refractivity contribution in [1.29, 1.82) is 0 Å². The molecule has 4 fully saturated rings. The van der Waals surface area contributed by atoms with E-state index in [1.165, 1.54) is 49.7 Å². The lowest BCUT2D eigenvalue weighted by molar-refractivity contribution is -0.118. The van der Waals surface area contributed by atoms with Crippen LogP contribution in [0.25, 0.3) is 0 Å². The molecule has 0 heterocycles. The third kappa shape index (κ3) is 4.52. The highest BCUT2D eigenvalue weighted by Crippen LogP contribution is 2.61. The fraction of sp³-hybridized carbons (Fsp3) is 0.500. The van der Waals surface area contributed by atoms with Crippen LogP contribution >= 0.6 is 0 Å². The van der Waals surface area contributed by atoms with Gasteiger partial charge in [-0.1, -0.05) is 30.0 Å². The molecule has 1 unspecified atom stereocenters. The lowest BCUT2D eigenvalue weighted by Crippen LogP contribution is -2.49. The number of ether oxygens (including phenoxy) is 2. The maximum Gasteiger partial charge on any atom is 0.336 e. The van der Waals surface area contributed by atoms with Crippen LogP contribution in [-0.4, -0.2) is 31.1 Å². The third-order valence-corrected chi connectivity index (χ3v) is 8.22. The second kappa shape index (κ2) is 9.56. The van der Waals surface area contributed by atoms with Gasteiger partial charge in [0.2, 0.25) is 0 Å². The highest BCUT2D eigenvalue weighted by atomic mass is 16.7. The fourth-order valence-electron chi connectivity index (χ4n) is 7.26. The Labute approximate surface area is 202 Å². The van der Waals surface area contributed by atoms with E-state index in [4.69, 9.17) is 9.47 Å². The zero-order chi connectivity index (χ0) is 23.7. The first-order valence-electron chi connectivity index (χ1n) is 12.6. The number of aromatic carboxylic acids is 1. The van der Waals surface area contributed by atoms with Crippen LogP contribution in [0.4, 0.5) is 0 Å². The second-order valence-electron chi connectivity index (χ2n) is 10.5. The predicted octanol–water partition coefficient (Wildman–Crippen LogP) is 5.80. The number of hydrogen-bond acceptors (Lipinski definition) is 3. The van der Waals surface area contributed by atoms with Gasteiger partial charge in [0.1, 0.15) is 0 Å². The molecule has 4 aliphatic carbocycles. The topological polar surface area (TPSA) is 55.8 Å². The van der Waals surface area contributed by atoms with Crippen molar-refractivity contribution in [3.63, 3.8) is 0 Å². The average Bonchev–Trinajstić information content (AvgIpc) is 2.82. The van der Waals surface area contributed by atoms with E-state index in [0.29, 0.717) is 12.2 Å². The zero-order valence-corrected chi connectivity index (χ0v) is 20.2. The summed E-state index contributed by atoms with van der Waals surface area (Å²) >= 11 is 0. The van der Waals surface area contributed by atoms with Crippen LogP contribution in [-0.2, 0) is 21.3 Å². The Balaban J connectivity index is 1.54. The van der Waals surface area contributed by atoms with Gasteiger partial charge in [-0.25, -0.2) is 4.79 Å². The Hall–Kier alpha value is -2.61. The standard InChI is InChI=1S/C30H34O4/c1-3-34-28(33-2)16-25-11-9-20(8-10-24-6-4-5-7-26(24)29(31)32)15-27(25)30-17-21-12-22(18-30)14-23(13-21)19-30/h4-7,9,11,15,21-23,28H,3,12-14,16-19H2,1-2H3,(H,31,32). The molecule has 0 aromatic heterocycles. The molecule has 0 aliphatic heterocycles. The SMILES string of the molecule is CCOC(Cc1ccc(C#Cc2ccccc2C(=O)O)cc1C12CC3CC(CC(C3)C1)C2)OC. The molecular formula is C30H34O4. The molecule has 1 atom stereocenters. The molecule has 2 aromatic rings. The summed E-state index contributed by atoms with van der Waals surface area (Å²) in [5.41, 5.74) is 4.69. The number of benzene rings is 2. The molecule has 6 rings (SSSR count). The third-order valence-electron chi connectivity index (χ3n) is 8.22. The van der Waals surface area contributed by atoms with Gasteiger partial charge in [0.05, 0.1) is 5.56 Å². The second-order valence-corrected chi connectivity index (χ2v) is 10.5. The first-order chi connectivity index (χ1) is 16.5. The molecule has 0 radical (unpaired) electrons. The molecule has 0 saturated heterocycles. The van der Waals surface area contributed by atoms with E-state index < -0.39 is 5.97 Å². The fourth-order valence-corrected chi connectivity index (χ4v) is 7.26. The average molecular weight is 459 g/mol. The minimum absolute atomic E-state index is 0.227. The first kappa shape index (κ1) is 23.1. The van der Waals surface area contributed by atoms with Crippen LogP contribution < -0.4 is 0 Å². The van der Waals surface area contributed by atoms with E-state index in [2.05, 4.69) is 30.0 Å². The Bertz CT molecular complexity index is 1090. The van der Waals surface area contributed by atoms with Crippen molar-refractivity contribution < 1.29 is 19.4 Å². The molecule has 4 bridgehead atoms. The van der Waals surface area contributed by atoms with Gasteiger partial charge >= 0.3 is 5.97 Å². The van der Waals surface area contributed by atoms with Crippen molar-refractivity contribution in [1.82, 2.24) is 0 Å². The number of carbonyl (C=O) groups is 1. The molecular weight excluding hydrogens is 424 g/mol. The molecule has 0 spiro atoms. The van der Waals surface area contributed by atoms with Gasteiger partial charge in [0.25, 0.3) is 0 Å². The van der Waals surface area contributed by atoms with Gasteiger partial charge in [-0.15, -0.1) is 0 Å². The molecule has 4 heteroatoms. The van der Waals surface area contributed by atoms with Crippen LogP contribution in [0.3, 0.4) is 0 Å². The summed E-state index contributed by atoms with van der Waals surface area (Å²) in [6.07, 6.45) is 8.51. The van der Waals surface area contributed by atoms with Crippen molar-refractivity contribution in [2.45, 2.75) is 63.6 Å². The summed E-state index contributed by atoms with van der Waals surface area (Å²) in [6.45, 7) is 2.62. The molecule has 4 nitrogen and oxygen atoms in total. The van der Waals surface area contributed by atoms with Gasteiger partial charge in [-0.05, 0) is 104 Å². The van der Waals surface area contributed by atoms with Crippen LogP contribution in [0.15, 0.2) is 42.5 Å². The molecule has 34 heavy (non-hydrogen) atoms. The lowest BCUT2D eigenvalue weighted by Gasteiger charge is -2.57. The van der Waals surface area contributed by atoms with Gasteiger partial charge < -0.3 is 14.6 Å². The summed E-state index contributed by atoms with van der Waals surface area (Å²) in [6, 6.07) is 13.5. The summed E-state index contributed by atoms with van der Waals surface area (Å²) in [5, 5.41) is 9.50. The molecule has 1 N–H and O–H groups in total. The maximum atomic E-state index is 11.6. The number of carboxylic acids is 1. The van der Waals surface area contributed by atoms with E-state index in [1.807, 2.05) is 13.0 Å². The van der Waals surface area contributed by atoms with E-state index in [0.717, 1.165) is 29.7 Å². The maximum absolute atomic E-state index is 11.6. The van der Waals surface area contributed by atoms with E-state index in [9.17, 15) is 9.90 Å². The van der Waals surface area contributed by atoms with Gasteiger partial charge in [-0.2, -0.15) is 0 Å². The quantitative estimate of drug-likeness (QED) is 0.421. The molecule has 4 aliphatic rings. The Morgan fingerprint density at radius 2 is 1.74 bits per heavy atom. The minimum Gasteiger partial charge on any atom is -0.478 e. The summed E-state index contributed by atoms with van der Waals surface area (Å²) in [4.78, 5) is 11.6. The smallest absolute Gasteiger partial charge is 0.336 e. The molecule has 4 saturated carbocycles. The zero-order valence-electron chi connectivity index (χ0n) is 20.2. The summed E-state index contributed by atoms with van der Waals surface area (Å²) in [5.74, 6) is 7.99. The van der Waals surface area contributed by atoms with Crippen LogP contribution in [0.1, 0.15) is 78.1 Å². The summed E-state index contributed by atoms with van der Waals surface area (Å²) in [7, 11) is 1.71. The predicted molar refractivity (Wildman–Crippen MR) is 132 cm³/mol. The van der Waals surface area contributed by atoms with Crippen molar-refractivity contribution in [3.8, 4) is 11.8 Å². The van der Waals surface area contributed by atoms with Gasteiger partial charge in [0.15, 0.2) is 6.29 Å². The number of carboxylic acid groups (broad SMARTS) is 1. The Morgan fingerprint density at radius 3 is 2.35 bits per heavy atom. The highest BCUT2D eigenvalue weighted by molar-refractivity contribution is 5.90. The van der Waals surface area contributed by atoms with Gasteiger partial charge in [-0.3, -0.25) is 0 Å². The lowest BCUT2D eigenvalue weighted by atomic mass is 9.47. The number of rotatable bonds is 7. The van der Waals surface area contributed by atoms with Crippen LogP contribution in [0.5, 0.6) is 0 Å². The first-order valence-corrected chi connectivity index (χ1v) is 12.6.